The van der Waals surface area contributed by atoms with E-state index in [4.69, 9.17) is 0 Å². The molecule has 0 atom stereocenters. The Bertz CT molecular complexity index is 394. The molecule has 0 unspecified atom stereocenters. The van der Waals surface area contributed by atoms with Crippen LogP contribution >= 0.6 is 0 Å². The van der Waals surface area contributed by atoms with Gasteiger partial charge in [-0.3, -0.25) is 0 Å². The first kappa shape index (κ1) is 13.3. The van der Waals surface area contributed by atoms with Crippen LogP contribution in [0.4, 0.5) is 0 Å². The van der Waals surface area contributed by atoms with Gasteiger partial charge in [0.25, 0.3) is 0 Å². The molecule has 0 aliphatic carbocycles. The Morgan fingerprint density at radius 1 is 0.938 bits per heavy atom. The zero-order chi connectivity index (χ0) is 12.7. The smallest absolute Gasteiger partial charge is 0.117 e. The molecule has 0 saturated heterocycles. The Hall–Kier alpha value is -0.763. The molecule has 0 saturated carbocycles. The molecule has 1 aromatic carbocycles. The van der Waals surface area contributed by atoms with E-state index in [2.05, 4.69) is 57.9 Å². The van der Waals surface area contributed by atoms with E-state index >= 15 is 0 Å². The summed E-state index contributed by atoms with van der Waals surface area (Å²) in [6.45, 7) is 12.9. The van der Waals surface area contributed by atoms with E-state index in [1.54, 1.807) is 0 Å². The summed E-state index contributed by atoms with van der Waals surface area (Å²) in [5.74, 6) is 0.358. The first-order chi connectivity index (χ1) is 7.03. The van der Waals surface area contributed by atoms with Crippen molar-refractivity contribution in [2.45, 2.75) is 52.4 Å². The summed E-state index contributed by atoms with van der Waals surface area (Å²) in [6.07, 6.45) is 0. The number of benzene rings is 1. The van der Waals surface area contributed by atoms with Gasteiger partial charge in [0.2, 0.25) is 0 Å². The van der Waals surface area contributed by atoms with Crippen LogP contribution in [0, 0.1) is 0 Å². The van der Waals surface area contributed by atoms with Crippen molar-refractivity contribution in [2.75, 3.05) is 0 Å². The van der Waals surface area contributed by atoms with Crippen LogP contribution < -0.4 is 5.19 Å². The molecule has 0 bridgehead atoms. The van der Waals surface area contributed by atoms with Crippen LogP contribution in [0.5, 0.6) is 5.75 Å². The van der Waals surface area contributed by atoms with E-state index in [-0.39, 0.29) is 10.8 Å². The minimum absolute atomic E-state index is 0.0489. The first-order valence-corrected chi connectivity index (χ1v) is 6.13. The van der Waals surface area contributed by atoms with Gasteiger partial charge in [0.1, 0.15) is 5.75 Å². The maximum Gasteiger partial charge on any atom is 0.117 e. The van der Waals surface area contributed by atoms with Crippen LogP contribution in [0.25, 0.3) is 0 Å². The zero-order valence-electron chi connectivity index (χ0n) is 11.1. The Morgan fingerprint density at radius 2 is 1.44 bits per heavy atom. The maximum absolute atomic E-state index is 10.1. The van der Waals surface area contributed by atoms with Crippen LogP contribution in [0.1, 0.15) is 52.7 Å². The average molecular weight is 233 g/mol. The van der Waals surface area contributed by atoms with Gasteiger partial charge in [0, 0.05) is 0 Å². The van der Waals surface area contributed by atoms with Gasteiger partial charge in [-0.2, -0.15) is 0 Å². The number of hydrogen-bond acceptors (Lipinski definition) is 1. The minimum atomic E-state index is -0.0489. The third kappa shape index (κ3) is 2.67. The second kappa shape index (κ2) is 3.92. The standard InChI is InChI=1S/C14H21OSi/c1-13(2,3)9-7-10(14(4,5)6)12(15)11(16)8-9/h7-8,15H,1-6H3. The summed E-state index contributed by atoms with van der Waals surface area (Å²) in [6, 6.07) is 4.11. The van der Waals surface area contributed by atoms with Gasteiger partial charge in [-0.1, -0.05) is 53.7 Å². The molecular formula is C14H21OSi. The van der Waals surface area contributed by atoms with Crippen molar-refractivity contribution >= 4 is 15.4 Å². The van der Waals surface area contributed by atoms with Crippen molar-refractivity contribution in [3.63, 3.8) is 0 Å². The second-order valence-electron chi connectivity index (χ2n) is 6.42. The molecular weight excluding hydrogens is 212 g/mol. The van der Waals surface area contributed by atoms with Crippen molar-refractivity contribution in [1.82, 2.24) is 0 Å². The SMILES string of the molecule is CC(C)(C)c1cc([Si])c(O)c(C(C)(C)C)c1. The lowest BCUT2D eigenvalue weighted by Crippen LogP contribution is -2.21. The highest BCUT2D eigenvalue weighted by Gasteiger charge is 2.23. The molecule has 0 spiro atoms. The summed E-state index contributed by atoms with van der Waals surface area (Å²) < 4.78 is 0. The van der Waals surface area contributed by atoms with Crippen molar-refractivity contribution in [1.29, 1.82) is 0 Å². The highest BCUT2D eigenvalue weighted by molar-refractivity contribution is 6.34. The van der Waals surface area contributed by atoms with E-state index in [1.807, 2.05) is 6.07 Å². The molecule has 0 aromatic heterocycles. The number of phenolic OH excluding ortho intramolecular Hbond substituents is 1. The molecule has 3 radical (unpaired) electrons. The van der Waals surface area contributed by atoms with Gasteiger partial charge in [-0.25, -0.2) is 0 Å². The molecule has 1 N–H and O–H groups in total. The van der Waals surface area contributed by atoms with Crippen LogP contribution in [0.2, 0.25) is 0 Å². The molecule has 1 rings (SSSR count). The van der Waals surface area contributed by atoms with Crippen molar-refractivity contribution in [2.24, 2.45) is 0 Å². The lowest BCUT2D eigenvalue weighted by atomic mass is 9.80. The van der Waals surface area contributed by atoms with Crippen molar-refractivity contribution in [3.8, 4) is 5.75 Å². The highest BCUT2D eigenvalue weighted by Crippen LogP contribution is 2.33. The first-order valence-electron chi connectivity index (χ1n) is 5.63. The van der Waals surface area contributed by atoms with E-state index in [9.17, 15) is 5.11 Å². The molecule has 0 heterocycles. The van der Waals surface area contributed by atoms with E-state index in [0.29, 0.717) is 5.75 Å². The molecule has 0 aliphatic heterocycles. The van der Waals surface area contributed by atoms with Gasteiger partial charge < -0.3 is 5.11 Å². The van der Waals surface area contributed by atoms with E-state index in [0.717, 1.165) is 10.8 Å². The van der Waals surface area contributed by atoms with Crippen LogP contribution in [-0.4, -0.2) is 15.3 Å². The number of phenols is 1. The average Bonchev–Trinajstić information content (AvgIpc) is 2.05. The second-order valence-corrected chi connectivity index (χ2v) is 6.96. The molecule has 0 amide bonds. The number of aromatic hydroxyl groups is 1. The number of rotatable bonds is 0. The monoisotopic (exact) mass is 233 g/mol. The van der Waals surface area contributed by atoms with E-state index in [1.165, 1.54) is 5.56 Å². The normalized spacial score (nSPS) is 12.9. The molecule has 87 valence electrons. The van der Waals surface area contributed by atoms with Crippen molar-refractivity contribution < 1.29 is 5.11 Å². The quantitative estimate of drug-likeness (QED) is 0.683. The summed E-state index contributed by atoms with van der Waals surface area (Å²) in [5, 5.41) is 10.9. The van der Waals surface area contributed by atoms with Crippen molar-refractivity contribution in [3.05, 3.63) is 23.3 Å². The Kier molecular flexibility index (Phi) is 3.26. The lowest BCUT2D eigenvalue weighted by molar-refractivity contribution is 0.449. The van der Waals surface area contributed by atoms with Crippen LogP contribution in [0.3, 0.4) is 0 Å². The fraction of sp³-hybridized carbons (Fsp3) is 0.571. The van der Waals surface area contributed by atoms with E-state index < -0.39 is 0 Å². The van der Waals surface area contributed by atoms with Crippen LogP contribution in [-0.2, 0) is 10.8 Å². The molecule has 16 heavy (non-hydrogen) atoms. The minimum Gasteiger partial charge on any atom is -0.508 e. The molecule has 1 aromatic rings. The summed E-state index contributed by atoms with van der Waals surface area (Å²) in [4.78, 5) is 0. The van der Waals surface area contributed by atoms with Crippen LogP contribution in [0.15, 0.2) is 12.1 Å². The zero-order valence-corrected chi connectivity index (χ0v) is 12.1. The third-order valence-corrected chi connectivity index (χ3v) is 3.17. The Labute approximate surface area is 102 Å². The maximum atomic E-state index is 10.1. The van der Waals surface area contributed by atoms with Gasteiger partial charge >= 0.3 is 0 Å². The molecule has 0 aliphatic rings. The molecule has 1 nitrogen and oxygen atoms in total. The van der Waals surface area contributed by atoms with Gasteiger partial charge in [0.15, 0.2) is 0 Å². The summed E-state index contributed by atoms with van der Waals surface area (Å²) in [7, 11) is 3.49. The Balaban J connectivity index is 3.46. The predicted molar refractivity (Wildman–Crippen MR) is 70.9 cm³/mol. The Morgan fingerprint density at radius 3 is 1.81 bits per heavy atom. The largest absolute Gasteiger partial charge is 0.508 e. The topological polar surface area (TPSA) is 20.2 Å². The fourth-order valence-electron chi connectivity index (χ4n) is 1.64. The van der Waals surface area contributed by atoms with Gasteiger partial charge in [-0.05, 0) is 27.1 Å². The predicted octanol–water partition coefficient (Wildman–Crippen LogP) is 2.78. The van der Waals surface area contributed by atoms with Gasteiger partial charge in [0.05, 0.1) is 10.2 Å². The highest BCUT2D eigenvalue weighted by atomic mass is 28.1. The fourth-order valence-corrected chi connectivity index (χ4v) is 1.93. The summed E-state index contributed by atoms with van der Waals surface area (Å²) >= 11 is 0. The van der Waals surface area contributed by atoms with Gasteiger partial charge in [-0.15, -0.1) is 0 Å². The third-order valence-electron chi connectivity index (χ3n) is 2.78. The molecule has 0 fully saturated rings. The summed E-state index contributed by atoms with van der Waals surface area (Å²) in [5.41, 5.74) is 2.27. The lowest BCUT2D eigenvalue weighted by Gasteiger charge is -2.27. The molecule has 2 heteroatoms. The number of hydrogen-bond donors (Lipinski definition) is 1.